The van der Waals surface area contributed by atoms with E-state index in [1.165, 1.54) is 0 Å². The first-order valence-electron chi connectivity index (χ1n) is 7.15. The SMILES string of the molecule is CN(C)CCCNC(=S)NCCCN1CCOCC1. The molecule has 0 unspecified atom stereocenters. The van der Waals surface area contributed by atoms with Gasteiger partial charge in [-0.25, -0.2) is 0 Å². The lowest BCUT2D eigenvalue weighted by atomic mass is 10.3. The van der Waals surface area contributed by atoms with Gasteiger partial charge in [0.2, 0.25) is 0 Å². The van der Waals surface area contributed by atoms with Crippen molar-refractivity contribution in [2.24, 2.45) is 0 Å². The fraction of sp³-hybridized carbons (Fsp3) is 0.923. The number of nitrogens with one attached hydrogen (secondary N) is 2. The second-order valence-electron chi connectivity index (χ2n) is 5.15. The van der Waals surface area contributed by atoms with E-state index in [1.54, 1.807) is 0 Å². The molecule has 0 atom stereocenters. The van der Waals surface area contributed by atoms with E-state index in [2.05, 4.69) is 34.5 Å². The zero-order chi connectivity index (χ0) is 13.9. The molecule has 0 aromatic heterocycles. The summed E-state index contributed by atoms with van der Waals surface area (Å²) < 4.78 is 5.32. The van der Waals surface area contributed by atoms with Gasteiger partial charge in [0.05, 0.1) is 13.2 Å². The van der Waals surface area contributed by atoms with Gasteiger partial charge in [-0.05, 0) is 52.2 Å². The third kappa shape index (κ3) is 9.15. The fourth-order valence-corrected chi connectivity index (χ4v) is 2.19. The first kappa shape index (κ1) is 16.6. The second kappa shape index (κ2) is 10.4. The number of thiocarbonyl (C=S) groups is 1. The van der Waals surface area contributed by atoms with Crippen LogP contribution < -0.4 is 10.6 Å². The summed E-state index contributed by atoms with van der Waals surface area (Å²) in [7, 11) is 4.17. The zero-order valence-corrected chi connectivity index (χ0v) is 13.1. The molecule has 1 fully saturated rings. The van der Waals surface area contributed by atoms with Crippen LogP contribution in [-0.4, -0.2) is 81.5 Å². The van der Waals surface area contributed by atoms with E-state index in [9.17, 15) is 0 Å². The third-order valence-corrected chi connectivity index (χ3v) is 3.40. The Morgan fingerprint density at radius 1 is 1.16 bits per heavy atom. The molecule has 112 valence electrons. The van der Waals surface area contributed by atoms with E-state index in [1.807, 2.05) is 0 Å². The van der Waals surface area contributed by atoms with Crippen molar-refractivity contribution in [1.29, 1.82) is 0 Å². The predicted molar refractivity (Wildman–Crippen MR) is 83.7 cm³/mol. The Morgan fingerprint density at radius 2 is 1.79 bits per heavy atom. The average molecular weight is 288 g/mol. The average Bonchev–Trinajstić information content (AvgIpc) is 2.41. The van der Waals surface area contributed by atoms with Crippen molar-refractivity contribution in [1.82, 2.24) is 20.4 Å². The summed E-state index contributed by atoms with van der Waals surface area (Å²) in [5.41, 5.74) is 0. The van der Waals surface area contributed by atoms with E-state index < -0.39 is 0 Å². The minimum absolute atomic E-state index is 0.778. The van der Waals surface area contributed by atoms with Crippen LogP contribution in [0.2, 0.25) is 0 Å². The molecule has 19 heavy (non-hydrogen) atoms. The van der Waals surface area contributed by atoms with Crippen molar-refractivity contribution in [3.05, 3.63) is 0 Å². The minimum Gasteiger partial charge on any atom is -0.379 e. The quantitative estimate of drug-likeness (QED) is 0.488. The molecule has 0 aliphatic carbocycles. The van der Waals surface area contributed by atoms with Crippen LogP contribution in [0, 0.1) is 0 Å². The summed E-state index contributed by atoms with van der Waals surface area (Å²) in [4.78, 5) is 4.62. The van der Waals surface area contributed by atoms with Crippen molar-refractivity contribution in [2.45, 2.75) is 12.8 Å². The van der Waals surface area contributed by atoms with Gasteiger partial charge in [0.1, 0.15) is 0 Å². The summed E-state index contributed by atoms with van der Waals surface area (Å²) in [6.07, 6.45) is 2.24. The van der Waals surface area contributed by atoms with Gasteiger partial charge >= 0.3 is 0 Å². The van der Waals surface area contributed by atoms with E-state index in [-0.39, 0.29) is 0 Å². The molecule has 6 heteroatoms. The Kier molecular flexibility index (Phi) is 9.07. The van der Waals surface area contributed by atoms with E-state index in [0.29, 0.717) is 0 Å². The highest BCUT2D eigenvalue weighted by atomic mass is 32.1. The lowest BCUT2D eigenvalue weighted by molar-refractivity contribution is 0.0376. The van der Waals surface area contributed by atoms with Crippen molar-refractivity contribution >= 4 is 17.3 Å². The predicted octanol–water partition coefficient (Wildman–Crippen LogP) is 0.125. The van der Waals surface area contributed by atoms with Crippen LogP contribution >= 0.6 is 12.2 Å². The molecule has 1 rings (SSSR count). The lowest BCUT2D eigenvalue weighted by Crippen LogP contribution is -2.40. The molecule has 0 radical (unpaired) electrons. The molecular formula is C13H28N4OS. The Morgan fingerprint density at radius 3 is 2.42 bits per heavy atom. The normalized spacial score (nSPS) is 16.6. The standard InChI is InChI=1S/C13H28N4OS/c1-16(2)7-3-5-14-13(19)15-6-4-8-17-9-11-18-12-10-17/h3-12H2,1-2H3,(H2,14,15,19). The van der Waals surface area contributed by atoms with E-state index in [4.69, 9.17) is 17.0 Å². The van der Waals surface area contributed by atoms with Gasteiger partial charge < -0.3 is 20.3 Å². The highest BCUT2D eigenvalue weighted by molar-refractivity contribution is 7.80. The maximum Gasteiger partial charge on any atom is 0.166 e. The smallest absolute Gasteiger partial charge is 0.166 e. The molecule has 0 amide bonds. The van der Waals surface area contributed by atoms with Crippen LogP contribution in [0.25, 0.3) is 0 Å². The Hall–Kier alpha value is -0.430. The fourth-order valence-electron chi connectivity index (χ4n) is 1.99. The summed E-state index contributed by atoms with van der Waals surface area (Å²) >= 11 is 5.23. The highest BCUT2D eigenvalue weighted by Gasteiger charge is 2.08. The summed E-state index contributed by atoms with van der Waals surface area (Å²) in [6.45, 7) is 7.97. The van der Waals surface area contributed by atoms with Crippen LogP contribution in [0.4, 0.5) is 0 Å². The van der Waals surface area contributed by atoms with Gasteiger partial charge in [0.25, 0.3) is 0 Å². The van der Waals surface area contributed by atoms with Gasteiger partial charge in [-0.15, -0.1) is 0 Å². The van der Waals surface area contributed by atoms with Crippen molar-refractivity contribution < 1.29 is 4.74 Å². The second-order valence-corrected chi connectivity index (χ2v) is 5.56. The summed E-state index contributed by atoms with van der Waals surface area (Å²) in [6, 6.07) is 0. The van der Waals surface area contributed by atoms with E-state index >= 15 is 0 Å². The van der Waals surface area contributed by atoms with Gasteiger partial charge in [-0.3, -0.25) is 4.90 Å². The van der Waals surface area contributed by atoms with Crippen molar-refractivity contribution in [3.63, 3.8) is 0 Å². The molecule has 0 bridgehead atoms. The number of ether oxygens (including phenoxy) is 1. The summed E-state index contributed by atoms with van der Waals surface area (Å²) in [5, 5.41) is 7.27. The number of hydrogen-bond donors (Lipinski definition) is 2. The van der Waals surface area contributed by atoms with Gasteiger partial charge in [0, 0.05) is 26.2 Å². The molecule has 1 aliphatic heterocycles. The largest absolute Gasteiger partial charge is 0.379 e. The molecule has 0 aromatic rings. The molecule has 5 nitrogen and oxygen atoms in total. The Labute approximate surface area is 122 Å². The van der Waals surface area contributed by atoms with Crippen LogP contribution in [-0.2, 0) is 4.74 Å². The molecule has 1 saturated heterocycles. The molecule has 0 spiro atoms. The van der Waals surface area contributed by atoms with Crippen LogP contribution in [0.3, 0.4) is 0 Å². The number of nitrogens with zero attached hydrogens (tertiary/aromatic N) is 2. The molecule has 2 N–H and O–H groups in total. The number of hydrogen-bond acceptors (Lipinski definition) is 4. The van der Waals surface area contributed by atoms with Crippen LogP contribution in [0.5, 0.6) is 0 Å². The topological polar surface area (TPSA) is 39.8 Å². The molecule has 1 aliphatic rings. The molecule has 0 aromatic carbocycles. The lowest BCUT2D eigenvalue weighted by Gasteiger charge is -2.26. The summed E-state index contributed by atoms with van der Waals surface area (Å²) in [5.74, 6) is 0. The van der Waals surface area contributed by atoms with Gasteiger partial charge in [-0.1, -0.05) is 0 Å². The van der Waals surface area contributed by atoms with Gasteiger partial charge in [0.15, 0.2) is 5.11 Å². The maximum atomic E-state index is 5.32. The zero-order valence-electron chi connectivity index (χ0n) is 12.3. The number of rotatable bonds is 8. The Balaban J connectivity index is 1.89. The maximum absolute atomic E-state index is 5.32. The van der Waals surface area contributed by atoms with Crippen LogP contribution in [0.1, 0.15) is 12.8 Å². The molecular weight excluding hydrogens is 260 g/mol. The number of morpholine rings is 1. The first-order chi connectivity index (χ1) is 9.18. The first-order valence-corrected chi connectivity index (χ1v) is 7.56. The minimum atomic E-state index is 0.778. The highest BCUT2D eigenvalue weighted by Crippen LogP contribution is 1.97. The monoisotopic (exact) mass is 288 g/mol. The third-order valence-electron chi connectivity index (χ3n) is 3.11. The van der Waals surface area contributed by atoms with Crippen molar-refractivity contribution in [3.8, 4) is 0 Å². The van der Waals surface area contributed by atoms with Crippen molar-refractivity contribution in [2.75, 3.05) is 66.6 Å². The van der Waals surface area contributed by atoms with Crippen LogP contribution in [0.15, 0.2) is 0 Å². The van der Waals surface area contributed by atoms with E-state index in [0.717, 1.165) is 70.4 Å². The molecule has 0 saturated carbocycles. The Bertz CT molecular complexity index is 245. The van der Waals surface area contributed by atoms with Gasteiger partial charge in [-0.2, -0.15) is 0 Å². The molecule has 1 heterocycles.